The topological polar surface area (TPSA) is 38.3 Å². The average molecular weight is 276 g/mol. The zero-order valence-corrected chi connectivity index (χ0v) is 11.3. The lowest BCUT2D eigenvalue weighted by Gasteiger charge is -2.12. The Kier molecular flexibility index (Phi) is 3.32. The molecule has 0 spiro atoms. The maximum atomic E-state index is 5.99. The van der Waals surface area contributed by atoms with E-state index < -0.39 is 0 Å². The molecule has 19 heavy (non-hydrogen) atoms. The molecule has 4 heteroatoms. The van der Waals surface area contributed by atoms with Gasteiger partial charge in [-0.2, -0.15) is 0 Å². The molecule has 2 heterocycles. The normalized spacial score (nSPS) is 12.9. The minimum Gasteiger partial charge on any atom is -0.467 e. The average Bonchev–Trinajstić information content (AvgIpc) is 3.04. The van der Waals surface area contributed by atoms with Crippen molar-refractivity contribution < 1.29 is 8.83 Å². The summed E-state index contributed by atoms with van der Waals surface area (Å²) in [5, 5.41) is 5.06. The van der Waals surface area contributed by atoms with Crippen LogP contribution in [-0.2, 0) is 0 Å². The van der Waals surface area contributed by atoms with E-state index in [1.807, 2.05) is 36.4 Å². The van der Waals surface area contributed by atoms with E-state index in [0.717, 1.165) is 29.0 Å². The molecular weight excluding hydrogens is 262 g/mol. The maximum Gasteiger partial charge on any atom is 0.134 e. The van der Waals surface area contributed by atoms with Crippen molar-refractivity contribution in [3.8, 4) is 0 Å². The van der Waals surface area contributed by atoms with Gasteiger partial charge in [-0.25, -0.2) is 0 Å². The molecular formula is C15H14ClNO2. The predicted octanol–water partition coefficient (Wildman–Crippen LogP) is 4.38. The molecule has 0 aliphatic carbocycles. The number of nitrogens with one attached hydrogen (secondary N) is 1. The SMILES string of the molecule is CCNC(c1ccco1)c1cc2cc(Cl)ccc2o1. The summed E-state index contributed by atoms with van der Waals surface area (Å²) >= 11 is 5.99. The van der Waals surface area contributed by atoms with Crippen molar-refractivity contribution in [3.05, 3.63) is 59.2 Å². The molecule has 98 valence electrons. The van der Waals surface area contributed by atoms with Crippen LogP contribution in [0.2, 0.25) is 5.02 Å². The number of fused-ring (bicyclic) bond motifs is 1. The smallest absolute Gasteiger partial charge is 0.134 e. The molecule has 1 unspecified atom stereocenters. The molecule has 0 radical (unpaired) electrons. The molecule has 3 nitrogen and oxygen atoms in total. The highest BCUT2D eigenvalue weighted by Gasteiger charge is 2.20. The Labute approximate surface area is 116 Å². The summed E-state index contributed by atoms with van der Waals surface area (Å²) in [6.45, 7) is 2.87. The third-order valence-corrected chi connectivity index (χ3v) is 3.25. The molecule has 1 atom stereocenters. The van der Waals surface area contributed by atoms with Crippen molar-refractivity contribution in [1.82, 2.24) is 5.32 Å². The standard InChI is InChI=1S/C15H14ClNO2/c1-2-17-15(13-4-3-7-18-13)14-9-10-8-11(16)5-6-12(10)19-14/h3-9,15,17H,2H2,1H3. The summed E-state index contributed by atoms with van der Waals surface area (Å²) < 4.78 is 11.4. The quantitative estimate of drug-likeness (QED) is 0.768. The van der Waals surface area contributed by atoms with Crippen molar-refractivity contribution in [1.29, 1.82) is 0 Å². The molecule has 0 bridgehead atoms. The molecule has 3 aromatic rings. The Morgan fingerprint density at radius 1 is 1.21 bits per heavy atom. The highest BCUT2D eigenvalue weighted by molar-refractivity contribution is 6.31. The molecule has 0 aliphatic heterocycles. The molecule has 0 saturated carbocycles. The van der Waals surface area contributed by atoms with Crippen molar-refractivity contribution in [2.24, 2.45) is 0 Å². The van der Waals surface area contributed by atoms with Gasteiger partial charge in [-0.1, -0.05) is 18.5 Å². The monoisotopic (exact) mass is 275 g/mol. The Hall–Kier alpha value is -1.71. The first-order valence-electron chi connectivity index (χ1n) is 6.23. The van der Waals surface area contributed by atoms with Crippen LogP contribution in [-0.4, -0.2) is 6.54 Å². The van der Waals surface area contributed by atoms with Gasteiger partial charge in [-0.15, -0.1) is 0 Å². The summed E-state index contributed by atoms with van der Waals surface area (Å²) in [6.07, 6.45) is 1.67. The largest absolute Gasteiger partial charge is 0.467 e. The number of furan rings is 2. The van der Waals surface area contributed by atoms with Gasteiger partial charge in [-0.3, -0.25) is 0 Å². The third kappa shape index (κ3) is 2.39. The Bertz CT molecular complexity index is 673. The molecule has 1 N–H and O–H groups in total. The second kappa shape index (κ2) is 5.11. The van der Waals surface area contributed by atoms with Gasteiger partial charge in [0.1, 0.15) is 23.1 Å². The van der Waals surface area contributed by atoms with Crippen LogP contribution in [0.3, 0.4) is 0 Å². The van der Waals surface area contributed by atoms with Crippen LogP contribution in [0.15, 0.2) is 51.5 Å². The van der Waals surface area contributed by atoms with Crippen molar-refractivity contribution in [2.45, 2.75) is 13.0 Å². The van der Waals surface area contributed by atoms with Crippen LogP contribution in [0.4, 0.5) is 0 Å². The number of hydrogen-bond acceptors (Lipinski definition) is 3. The van der Waals surface area contributed by atoms with Gasteiger partial charge in [0.2, 0.25) is 0 Å². The van der Waals surface area contributed by atoms with E-state index in [1.165, 1.54) is 0 Å². The van der Waals surface area contributed by atoms with Gasteiger partial charge in [-0.05, 0) is 42.9 Å². The van der Waals surface area contributed by atoms with E-state index >= 15 is 0 Å². The lowest BCUT2D eigenvalue weighted by molar-refractivity contribution is 0.404. The Balaban J connectivity index is 2.05. The van der Waals surface area contributed by atoms with Gasteiger partial charge in [0.25, 0.3) is 0 Å². The summed E-state index contributed by atoms with van der Waals surface area (Å²) in [4.78, 5) is 0. The number of halogens is 1. The van der Waals surface area contributed by atoms with Crippen molar-refractivity contribution in [2.75, 3.05) is 6.54 Å². The first kappa shape index (κ1) is 12.3. The fourth-order valence-corrected chi connectivity index (χ4v) is 2.36. The van der Waals surface area contributed by atoms with E-state index in [9.17, 15) is 0 Å². The molecule has 2 aromatic heterocycles. The third-order valence-electron chi connectivity index (χ3n) is 3.02. The highest BCUT2D eigenvalue weighted by Crippen LogP contribution is 2.29. The van der Waals surface area contributed by atoms with Crippen LogP contribution >= 0.6 is 11.6 Å². The number of benzene rings is 1. The van der Waals surface area contributed by atoms with Crippen LogP contribution in [0, 0.1) is 0 Å². The predicted molar refractivity (Wildman–Crippen MR) is 75.5 cm³/mol. The first-order chi connectivity index (χ1) is 9.28. The second-order valence-corrected chi connectivity index (χ2v) is 4.77. The van der Waals surface area contributed by atoms with Crippen LogP contribution in [0.5, 0.6) is 0 Å². The molecule has 0 saturated heterocycles. The van der Waals surface area contributed by atoms with E-state index in [0.29, 0.717) is 5.02 Å². The molecule has 0 fully saturated rings. The fourth-order valence-electron chi connectivity index (χ4n) is 2.18. The van der Waals surface area contributed by atoms with Gasteiger partial charge < -0.3 is 14.2 Å². The first-order valence-corrected chi connectivity index (χ1v) is 6.61. The van der Waals surface area contributed by atoms with Gasteiger partial charge in [0.15, 0.2) is 0 Å². The summed E-state index contributed by atoms with van der Waals surface area (Å²) in [5.41, 5.74) is 0.828. The van der Waals surface area contributed by atoms with Crippen molar-refractivity contribution >= 4 is 22.6 Å². The van der Waals surface area contributed by atoms with E-state index in [1.54, 1.807) is 6.26 Å². The van der Waals surface area contributed by atoms with E-state index in [-0.39, 0.29) is 6.04 Å². The number of hydrogen-bond donors (Lipinski definition) is 1. The number of rotatable bonds is 4. The molecule has 3 rings (SSSR count). The Morgan fingerprint density at radius 2 is 2.11 bits per heavy atom. The van der Waals surface area contributed by atoms with Crippen LogP contribution < -0.4 is 5.32 Å². The molecule has 0 aliphatic rings. The van der Waals surface area contributed by atoms with Gasteiger partial charge in [0, 0.05) is 10.4 Å². The van der Waals surface area contributed by atoms with Crippen LogP contribution in [0.25, 0.3) is 11.0 Å². The summed E-state index contributed by atoms with van der Waals surface area (Å²) in [7, 11) is 0. The molecule has 0 amide bonds. The van der Waals surface area contributed by atoms with E-state index in [4.69, 9.17) is 20.4 Å². The summed E-state index contributed by atoms with van der Waals surface area (Å²) in [6, 6.07) is 11.3. The van der Waals surface area contributed by atoms with Gasteiger partial charge in [0.05, 0.1) is 6.26 Å². The minimum absolute atomic E-state index is 0.0776. The minimum atomic E-state index is -0.0776. The Morgan fingerprint density at radius 3 is 2.84 bits per heavy atom. The van der Waals surface area contributed by atoms with E-state index in [2.05, 4.69) is 12.2 Å². The fraction of sp³-hybridized carbons (Fsp3) is 0.200. The zero-order chi connectivity index (χ0) is 13.2. The lowest BCUT2D eigenvalue weighted by Crippen LogP contribution is -2.20. The zero-order valence-electron chi connectivity index (χ0n) is 10.5. The lowest BCUT2D eigenvalue weighted by atomic mass is 10.1. The second-order valence-electron chi connectivity index (χ2n) is 4.34. The molecule has 1 aromatic carbocycles. The van der Waals surface area contributed by atoms with Crippen LogP contribution in [0.1, 0.15) is 24.5 Å². The maximum absolute atomic E-state index is 5.99. The highest BCUT2D eigenvalue weighted by atomic mass is 35.5. The van der Waals surface area contributed by atoms with Crippen molar-refractivity contribution in [3.63, 3.8) is 0 Å². The summed E-state index contributed by atoms with van der Waals surface area (Å²) in [5.74, 6) is 1.67. The van der Waals surface area contributed by atoms with Gasteiger partial charge >= 0.3 is 0 Å².